The fraction of sp³-hybridized carbons (Fsp3) is 0.615. The first kappa shape index (κ1) is 20.3. The third-order valence-electron chi connectivity index (χ3n) is 3.98. The van der Waals surface area contributed by atoms with Crippen LogP contribution in [-0.2, 0) is 13.8 Å². The topological polar surface area (TPSA) is 172 Å². The molecule has 150 valence electrons. The molecule has 1 aliphatic heterocycles. The molecule has 2 aromatic heterocycles. The van der Waals surface area contributed by atoms with Crippen LogP contribution in [0.4, 0.5) is 5.95 Å². The van der Waals surface area contributed by atoms with E-state index in [1.165, 1.54) is 10.9 Å². The summed E-state index contributed by atoms with van der Waals surface area (Å²) < 4.78 is 22.3. The van der Waals surface area contributed by atoms with Crippen molar-refractivity contribution in [2.45, 2.75) is 31.3 Å². The highest BCUT2D eigenvalue weighted by atomic mass is 32.1. The predicted molar refractivity (Wildman–Crippen MR) is 97.6 cm³/mol. The molecule has 0 bridgehead atoms. The molecule has 5 N–H and O–H groups in total. The molecule has 0 aromatic carbocycles. The number of aliphatic hydroxyl groups excluding tert-OH is 1. The maximum Gasteiger partial charge on any atom is 0.469 e. The molecule has 1 saturated heterocycles. The van der Waals surface area contributed by atoms with Crippen molar-refractivity contribution in [2.75, 3.05) is 24.2 Å². The summed E-state index contributed by atoms with van der Waals surface area (Å²) in [7, 11) is -4.67. The number of nitrogens with one attached hydrogen (secondary N) is 2. The summed E-state index contributed by atoms with van der Waals surface area (Å²) >= 11 is 4.12. The lowest BCUT2D eigenvalue weighted by molar-refractivity contribution is -0.0424. The highest BCUT2D eigenvalue weighted by Gasteiger charge is 2.37. The summed E-state index contributed by atoms with van der Waals surface area (Å²) in [5.74, 6) is 0.958. The number of imidazole rings is 1. The van der Waals surface area contributed by atoms with Crippen LogP contribution in [0.3, 0.4) is 0 Å². The molecular formula is C13H20N5O7PS. The van der Waals surface area contributed by atoms with E-state index in [-0.39, 0.29) is 23.5 Å². The van der Waals surface area contributed by atoms with Gasteiger partial charge in [0.25, 0.3) is 5.56 Å². The first-order chi connectivity index (χ1) is 12.8. The number of H-pyrrole nitrogens is 1. The van der Waals surface area contributed by atoms with Crippen molar-refractivity contribution in [3.63, 3.8) is 0 Å². The highest BCUT2D eigenvalue weighted by molar-refractivity contribution is 7.80. The monoisotopic (exact) mass is 421 g/mol. The van der Waals surface area contributed by atoms with Gasteiger partial charge < -0.3 is 24.9 Å². The van der Waals surface area contributed by atoms with E-state index in [9.17, 15) is 14.5 Å². The number of aromatic nitrogens is 4. The highest BCUT2D eigenvalue weighted by Crippen LogP contribution is 2.38. The van der Waals surface area contributed by atoms with Gasteiger partial charge in [-0.05, 0) is 12.2 Å². The van der Waals surface area contributed by atoms with Crippen LogP contribution >= 0.6 is 20.5 Å². The second kappa shape index (κ2) is 8.27. The van der Waals surface area contributed by atoms with Crippen molar-refractivity contribution in [1.29, 1.82) is 0 Å². The van der Waals surface area contributed by atoms with E-state index in [1.807, 2.05) is 0 Å². The van der Waals surface area contributed by atoms with Crippen molar-refractivity contribution in [3.05, 3.63) is 16.7 Å². The number of hydrogen-bond donors (Lipinski definition) is 6. The minimum Gasteiger partial charge on any atom is -0.390 e. The van der Waals surface area contributed by atoms with Gasteiger partial charge in [-0.2, -0.15) is 17.6 Å². The summed E-state index contributed by atoms with van der Waals surface area (Å²) in [5, 5.41) is 13.1. The van der Waals surface area contributed by atoms with Gasteiger partial charge in [-0.25, -0.2) is 9.55 Å². The smallest absolute Gasteiger partial charge is 0.390 e. The van der Waals surface area contributed by atoms with E-state index < -0.39 is 38.4 Å². The SMILES string of the molecule is O=c1[nH]c(NCCCS)nc2c1ncn2[C@H]1C[C@H](O)[C@@H](COP(=O)(O)O)O1. The Morgan fingerprint density at radius 1 is 1.52 bits per heavy atom. The molecule has 2 aromatic rings. The Kier molecular flexibility index (Phi) is 6.21. The normalized spacial score (nSPS) is 23.2. The Morgan fingerprint density at radius 3 is 3.00 bits per heavy atom. The average molecular weight is 421 g/mol. The van der Waals surface area contributed by atoms with Gasteiger partial charge in [-0.1, -0.05) is 0 Å². The van der Waals surface area contributed by atoms with Crippen LogP contribution < -0.4 is 10.9 Å². The molecule has 14 heteroatoms. The zero-order valence-electron chi connectivity index (χ0n) is 14.1. The van der Waals surface area contributed by atoms with Gasteiger partial charge in [0, 0.05) is 13.0 Å². The van der Waals surface area contributed by atoms with Gasteiger partial charge in [0.05, 0.1) is 19.0 Å². The van der Waals surface area contributed by atoms with Crippen LogP contribution in [0, 0.1) is 0 Å². The average Bonchev–Trinajstić information content (AvgIpc) is 3.16. The summed E-state index contributed by atoms with van der Waals surface area (Å²) in [6, 6.07) is 0. The Bertz CT molecular complexity index is 899. The molecule has 1 fully saturated rings. The van der Waals surface area contributed by atoms with Crippen molar-refractivity contribution < 1.29 is 28.7 Å². The second-order valence-corrected chi connectivity index (χ2v) is 7.65. The first-order valence-corrected chi connectivity index (χ1v) is 10.3. The molecule has 27 heavy (non-hydrogen) atoms. The predicted octanol–water partition coefficient (Wildman–Crippen LogP) is -0.391. The number of aliphatic hydroxyl groups is 1. The van der Waals surface area contributed by atoms with Gasteiger partial charge in [0.15, 0.2) is 11.2 Å². The van der Waals surface area contributed by atoms with Gasteiger partial charge >= 0.3 is 7.82 Å². The third kappa shape index (κ3) is 4.88. The molecule has 3 atom stereocenters. The van der Waals surface area contributed by atoms with E-state index in [2.05, 4.69) is 37.4 Å². The Morgan fingerprint density at radius 2 is 2.30 bits per heavy atom. The van der Waals surface area contributed by atoms with Crippen molar-refractivity contribution in [1.82, 2.24) is 19.5 Å². The minimum absolute atomic E-state index is 0.114. The van der Waals surface area contributed by atoms with Crippen molar-refractivity contribution in [3.8, 4) is 0 Å². The van der Waals surface area contributed by atoms with Gasteiger partial charge in [-0.15, -0.1) is 0 Å². The molecule has 0 unspecified atom stereocenters. The van der Waals surface area contributed by atoms with E-state index in [1.54, 1.807) is 0 Å². The quantitative estimate of drug-likeness (QED) is 0.187. The lowest BCUT2D eigenvalue weighted by Crippen LogP contribution is -2.25. The fourth-order valence-electron chi connectivity index (χ4n) is 2.71. The molecule has 3 heterocycles. The van der Waals surface area contributed by atoms with Crippen molar-refractivity contribution in [2.24, 2.45) is 0 Å². The maximum atomic E-state index is 12.2. The van der Waals surface area contributed by atoms with E-state index in [0.29, 0.717) is 12.3 Å². The van der Waals surface area contributed by atoms with Gasteiger partial charge in [0.2, 0.25) is 5.95 Å². The van der Waals surface area contributed by atoms with E-state index in [0.717, 1.165) is 6.42 Å². The molecule has 0 saturated carbocycles. The number of phosphoric acid groups is 1. The lowest BCUT2D eigenvalue weighted by atomic mass is 10.2. The molecule has 0 aliphatic carbocycles. The second-order valence-electron chi connectivity index (χ2n) is 5.96. The molecule has 12 nitrogen and oxygen atoms in total. The number of phosphoric ester groups is 1. The molecule has 3 rings (SSSR count). The van der Waals surface area contributed by atoms with Crippen LogP contribution in [0.5, 0.6) is 0 Å². The zero-order chi connectivity index (χ0) is 19.6. The van der Waals surface area contributed by atoms with Crippen LogP contribution in [0.15, 0.2) is 11.1 Å². The first-order valence-electron chi connectivity index (χ1n) is 8.13. The van der Waals surface area contributed by atoms with Crippen LogP contribution in [-0.4, -0.2) is 65.5 Å². The number of thiol groups is 1. The van der Waals surface area contributed by atoms with Gasteiger partial charge in [-0.3, -0.25) is 18.9 Å². The molecule has 0 radical (unpaired) electrons. The minimum atomic E-state index is -4.67. The number of nitrogens with zero attached hydrogens (tertiary/aromatic N) is 3. The number of rotatable bonds is 8. The molecule has 0 spiro atoms. The zero-order valence-corrected chi connectivity index (χ0v) is 15.8. The van der Waals surface area contributed by atoms with Gasteiger partial charge in [0.1, 0.15) is 12.3 Å². The van der Waals surface area contributed by atoms with Crippen molar-refractivity contribution >= 4 is 37.6 Å². The van der Waals surface area contributed by atoms with E-state index >= 15 is 0 Å². The lowest BCUT2D eigenvalue weighted by Gasteiger charge is -2.16. The summed E-state index contributed by atoms with van der Waals surface area (Å²) in [4.78, 5) is 40.7. The third-order valence-corrected chi connectivity index (χ3v) is 4.78. The summed E-state index contributed by atoms with van der Waals surface area (Å²) in [5.41, 5.74) is -0.0457. The Hall–Kier alpha value is -1.47. The number of hydrogen-bond acceptors (Lipinski definition) is 9. The summed E-state index contributed by atoms with van der Waals surface area (Å²) in [6.45, 7) is 0.103. The van der Waals surface area contributed by atoms with Crippen LogP contribution in [0.2, 0.25) is 0 Å². The van der Waals surface area contributed by atoms with Crippen LogP contribution in [0.1, 0.15) is 19.1 Å². The number of fused-ring (bicyclic) bond motifs is 1. The van der Waals surface area contributed by atoms with Crippen LogP contribution in [0.25, 0.3) is 11.2 Å². The number of ether oxygens (including phenoxy) is 1. The Labute approximate surface area is 158 Å². The maximum absolute atomic E-state index is 12.2. The molecule has 1 aliphatic rings. The number of anilines is 1. The summed E-state index contributed by atoms with van der Waals surface area (Å²) in [6.07, 6.45) is -0.381. The fourth-order valence-corrected chi connectivity index (χ4v) is 3.21. The molecular weight excluding hydrogens is 401 g/mol. The Balaban J connectivity index is 1.80. The standard InChI is InChI=1S/C13H20N5O7PS/c19-7-4-9(25-8(7)5-24-26(21,22)23)18-6-15-10-11(18)16-13(17-12(10)20)14-2-1-3-27/h6-9,19,27H,1-5H2,(H2,21,22,23)(H2,14,16,17,20)/t7-,8+,9+/m0/s1. The largest absolute Gasteiger partial charge is 0.469 e. The molecule has 0 amide bonds. The number of aromatic amines is 1. The van der Waals surface area contributed by atoms with E-state index in [4.69, 9.17) is 14.5 Å².